The summed E-state index contributed by atoms with van der Waals surface area (Å²) in [6.45, 7) is 7.40. The summed E-state index contributed by atoms with van der Waals surface area (Å²) >= 11 is 0. The van der Waals surface area contributed by atoms with Crippen LogP contribution in [-0.4, -0.2) is 30.1 Å². The van der Waals surface area contributed by atoms with Crippen molar-refractivity contribution < 1.29 is 0 Å². The topological polar surface area (TPSA) is 29.3 Å². The molecule has 19 heavy (non-hydrogen) atoms. The van der Waals surface area contributed by atoms with Crippen LogP contribution in [-0.2, 0) is 0 Å². The standard InChI is InChI=1S/C17H34N2/c1-3-12-19(17-10-8-16(18)9-11-17)13-15-6-4-14(2)5-7-15/h14-17H,3-13,18H2,1-2H3. The lowest BCUT2D eigenvalue weighted by molar-refractivity contribution is 0.111. The number of hydrogen-bond donors (Lipinski definition) is 1. The van der Waals surface area contributed by atoms with Crippen LogP contribution in [0.1, 0.15) is 71.6 Å². The van der Waals surface area contributed by atoms with Crippen LogP contribution >= 0.6 is 0 Å². The van der Waals surface area contributed by atoms with Gasteiger partial charge in [0, 0.05) is 18.6 Å². The van der Waals surface area contributed by atoms with Crippen molar-refractivity contribution in [1.29, 1.82) is 0 Å². The SMILES string of the molecule is CCCN(CC1CCC(C)CC1)C1CCC(N)CC1. The Kier molecular flexibility index (Phi) is 6.15. The van der Waals surface area contributed by atoms with Crippen molar-refractivity contribution in [3.05, 3.63) is 0 Å². The van der Waals surface area contributed by atoms with Crippen LogP contribution in [0.15, 0.2) is 0 Å². The van der Waals surface area contributed by atoms with E-state index in [1.165, 1.54) is 70.9 Å². The highest BCUT2D eigenvalue weighted by Gasteiger charge is 2.27. The van der Waals surface area contributed by atoms with Crippen LogP contribution in [0.5, 0.6) is 0 Å². The summed E-state index contributed by atoms with van der Waals surface area (Å²) in [6, 6.07) is 1.31. The van der Waals surface area contributed by atoms with Gasteiger partial charge in [0.05, 0.1) is 0 Å². The van der Waals surface area contributed by atoms with E-state index in [0.717, 1.165) is 17.9 Å². The van der Waals surface area contributed by atoms with Gasteiger partial charge in [-0.05, 0) is 63.3 Å². The second-order valence-electron chi connectivity index (χ2n) is 7.19. The zero-order valence-corrected chi connectivity index (χ0v) is 13.1. The Morgan fingerprint density at radius 3 is 2.16 bits per heavy atom. The monoisotopic (exact) mass is 266 g/mol. The fraction of sp³-hybridized carbons (Fsp3) is 1.00. The van der Waals surface area contributed by atoms with E-state index in [9.17, 15) is 0 Å². The molecule has 0 radical (unpaired) electrons. The highest BCUT2D eigenvalue weighted by atomic mass is 15.2. The van der Waals surface area contributed by atoms with Crippen molar-refractivity contribution in [3.8, 4) is 0 Å². The third kappa shape index (κ3) is 4.75. The predicted molar refractivity (Wildman–Crippen MR) is 83.2 cm³/mol. The Labute approximate surface area is 120 Å². The lowest BCUT2D eigenvalue weighted by Gasteiger charge is -2.39. The van der Waals surface area contributed by atoms with E-state index in [1.54, 1.807) is 0 Å². The molecule has 0 bridgehead atoms. The summed E-state index contributed by atoms with van der Waals surface area (Å²) in [6.07, 6.45) is 12.3. The van der Waals surface area contributed by atoms with Gasteiger partial charge in [0.25, 0.3) is 0 Å². The predicted octanol–water partition coefficient (Wildman–Crippen LogP) is 3.79. The molecule has 0 atom stereocenters. The quantitative estimate of drug-likeness (QED) is 0.820. The van der Waals surface area contributed by atoms with Crippen molar-refractivity contribution in [2.45, 2.75) is 83.7 Å². The summed E-state index contributed by atoms with van der Waals surface area (Å²) in [5.41, 5.74) is 6.05. The van der Waals surface area contributed by atoms with Gasteiger partial charge in [-0.15, -0.1) is 0 Å². The van der Waals surface area contributed by atoms with Gasteiger partial charge in [-0.3, -0.25) is 0 Å². The maximum absolute atomic E-state index is 6.05. The molecule has 2 aliphatic rings. The molecule has 2 heteroatoms. The molecule has 0 spiro atoms. The first kappa shape index (κ1) is 15.3. The zero-order chi connectivity index (χ0) is 13.7. The van der Waals surface area contributed by atoms with Gasteiger partial charge < -0.3 is 10.6 Å². The van der Waals surface area contributed by atoms with E-state index in [4.69, 9.17) is 5.73 Å². The van der Waals surface area contributed by atoms with Gasteiger partial charge >= 0.3 is 0 Å². The van der Waals surface area contributed by atoms with Crippen LogP contribution in [0.4, 0.5) is 0 Å². The molecule has 0 aromatic carbocycles. The molecule has 0 unspecified atom stereocenters. The number of hydrogen-bond acceptors (Lipinski definition) is 2. The highest BCUT2D eigenvalue weighted by Crippen LogP contribution is 2.31. The summed E-state index contributed by atoms with van der Waals surface area (Å²) < 4.78 is 0. The molecule has 2 N–H and O–H groups in total. The lowest BCUT2D eigenvalue weighted by Crippen LogP contribution is -2.43. The molecule has 2 aliphatic carbocycles. The van der Waals surface area contributed by atoms with E-state index < -0.39 is 0 Å². The molecule has 0 aromatic heterocycles. The number of rotatable bonds is 5. The van der Waals surface area contributed by atoms with Crippen LogP contribution in [0.3, 0.4) is 0 Å². The minimum Gasteiger partial charge on any atom is -0.328 e. The van der Waals surface area contributed by atoms with E-state index in [0.29, 0.717) is 6.04 Å². The highest BCUT2D eigenvalue weighted by molar-refractivity contribution is 4.83. The molecule has 0 aromatic rings. The molecule has 0 aliphatic heterocycles. The average Bonchev–Trinajstić information content (AvgIpc) is 2.42. The molecule has 112 valence electrons. The fourth-order valence-electron chi connectivity index (χ4n) is 4.02. The molecule has 0 saturated heterocycles. The Hall–Kier alpha value is -0.0800. The van der Waals surface area contributed by atoms with Crippen LogP contribution in [0.25, 0.3) is 0 Å². The molecule has 2 rings (SSSR count). The minimum atomic E-state index is 0.482. The van der Waals surface area contributed by atoms with Gasteiger partial charge in [0.1, 0.15) is 0 Å². The average molecular weight is 266 g/mol. The molecule has 2 nitrogen and oxygen atoms in total. The van der Waals surface area contributed by atoms with Crippen molar-refractivity contribution in [2.24, 2.45) is 17.6 Å². The van der Waals surface area contributed by atoms with Crippen molar-refractivity contribution >= 4 is 0 Å². The third-order valence-electron chi connectivity index (χ3n) is 5.40. The van der Waals surface area contributed by atoms with E-state index in [2.05, 4.69) is 18.7 Å². The van der Waals surface area contributed by atoms with E-state index in [-0.39, 0.29) is 0 Å². The summed E-state index contributed by atoms with van der Waals surface area (Å²) in [5.74, 6) is 1.95. The maximum Gasteiger partial charge on any atom is 0.00965 e. The lowest BCUT2D eigenvalue weighted by atomic mass is 9.82. The molecule has 2 saturated carbocycles. The Morgan fingerprint density at radius 1 is 0.947 bits per heavy atom. The van der Waals surface area contributed by atoms with Crippen LogP contribution < -0.4 is 5.73 Å². The fourth-order valence-corrected chi connectivity index (χ4v) is 4.02. The molecular weight excluding hydrogens is 232 g/mol. The van der Waals surface area contributed by atoms with Gasteiger partial charge in [0.15, 0.2) is 0 Å². The molecule has 2 fully saturated rings. The number of nitrogens with zero attached hydrogens (tertiary/aromatic N) is 1. The van der Waals surface area contributed by atoms with Crippen LogP contribution in [0, 0.1) is 11.8 Å². The third-order valence-corrected chi connectivity index (χ3v) is 5.40. The largest absolute Gasteiger partial charge is 0.328 e. The second-order valence-corrected chi connectivity index (χ2v) is 7.19. The normalized spacial score (nSPS) is 36.6. The summed E-state index contributed by atoms with van der Waals surface area (Å²) in [7, 11) is 0. The summed E-state index contributed by atoms with van der Waals surface area (Å²) in [5, 5.41) is 0. The van der Waals surface area contributed by atoms with Crippen molar-refractivity contribution in [1.82, 2.24) is 4.90 Å². The molecule has 0 heterocycles. The summed E-state index contributed by atoms with van der Waals surface area (Å²) in [4.78, 5) is 2.81. The van der Waals surface area contributed by atoms with Crippen molar-refractivity contribution in [2.75, 3.05) is 13.1 Å². The van der Waals surface area contributed by atoms with E-state index >= 15 is 0 Å². The number of nitrogens with two attached hydrogens (primary N) is 1. The second kappa shape index (κ2) is 7.64. The molecular formula is C17H34N2. The molecule has 0 amide bonds. The van der Waals surface area contributed by atoms with Gasteiger partial charge in [-0.25, -0.2) is 0 Å². The first-order chi connectivity index (χ1) is 9.19. The maximum atomic E-state index is 6.05. The Bertz CT molecular complexity index is 238. The minimum absolute atomic E-state index is 0.482. The zero-order valence-electron chi connectivity index (χ0n) is 13.1. The van der Waals surface area contributed by atoms with Gasteiger partial charge in [-0.2, -0.15) is 0 Å². The van der Waals surface area contributed by atoms with E-state index in [1.807, 2.05) is 0 Å². The van der Waals surface area contributed by atoms with Crippen molar-refractivity contribution in [3.63, 3.8) is 0 Å². The first-order valence-corrected chi connectivity index (χ1v) is 8.68. The van der Waals surface area contributed by atoms with Crippen LogP contribution in [0.2, 0.25) is 0 Å². The Morgan fingerprint density at radius 2 is 1.58 bits per heavy atom. The first-order valence-electron chi connectivity index (χ1n) is 8.68. The Balaban J connectivity index is 1.81. The smallest absolute Gasteiger partial charge is 0.00965 e. The van der Waals surface area contributed by atoms with Gasteiger partial charge in [0.2, 0.25) is 0 Å². The van der Waals surface area contributed by atoms with Gasteiger partial charge in [-0.1, -0.05) is 26.7 Å².